The molecular weight excluding hydrogens is 470 g/mol. The van der Waals surface area contributed by atoms with Crippen molar-refractivity contribution < 1.29 is 9.53 Å². The summed E-state index contributed by atoms with van der Waals surface area (Å²) in [6, 6.07) is 10.0. The van der Waals surface area contributed by atoms with Crippen LogP contribution in [0.25, 0.3) is 11.4 Å². The number of piperazine rings is 1. The maximum absolute atomic E-state index is 12.5. The molecule has 11 heteroatoms. The summed E-state index contributed by atoms with van der Waals surface area (Å²) in [6.07, 6.45) is 4.62. The van der Waals surface area contributed by atoms with Crippen LogP contribution in [0.15, 0.2) is 36.5 Å². The fourth-order valence-corrected chi connectivity index (χ4v) is 5.54. The van der Waals surface area contributed by atoms with Crippen molar-refractivity contribution >= 4 is 28.9 Å². The number of nitrogens with two attached hydrogens (primary N) is 1. The number of hydrogen-bond donors (Lipinski definition) is 3. The first-order chi connectivity index (χ1) is 18.0. The van der Waals surface area contributed by atoms with Gasteiger partial charge in [-0.15, -0.1) is 0 Å². The molecule has 3 aliphatic rings. The summed E-state index contributed by atoms with van der Waals surface area (Å²) < 4.78 is 5.64. The number of anilines is 4. The summed E-state index contributed by atoms with van der Waals surface area (Å²) in [5.74, 6) is 0.437. The molecule has 1 aromatic carbocycles. The van der Waals surface area contributed by atoms with Crippen molar-refractivity contribution in [3.63, 3.8) is 0 Å². The van der Waals surface area contributed by atoms with Crippen molar-refractivity contribution in [1.29, 1.82) is 0 Å². The SMILES string of the molecule is CN1CCN(c2ccc(Nc3nc(N4CCC45CCOCC5)c(-c4ccn[nH]4)nc3C(N)=O)cc2)CC1. The normalized spacial score (nSPS) is 19.6. The van der Waals surface area contributed by atoms with Crippen molar-refractivity contribution in [2.75, 3.05) is 68.1 Å². The first-order valence-electron chi connectivity index (χ1n) is 12.9. The Morgan fingerprint density at radius 3 is 2.41 bits per heavy atom. The maximum Gasteiger partial charge on any atom is 0.271 e. The number of H-pyrrole nitrogens is 1. The number of aromatic amines is 1. The van der Waals surface area contributed by atoms with E-state index in [1.807, 2.05) is 18.2 Å². The highest BCUT2D eigenvalue weighted by Gasteiger charge is 2.47. The van der Waals surface area contributed by atoms with Gasteiger partial charge in [0.05, 0.1) is 5.69 Å². The lowest BCUT2D eigenvalue weighted by Gasteiger charge is -2.55. The third-order valence-electron chi connectivity index (χ3n) is 7.92. The molecule has 2 aromatic heterocycles. The topological polar surface area (TPSA) is 129 Å². The average molecular weight is 504 g/mol. The predicted molar refractivity (Wildman–Crippen MR) is 142 cm³/mol. The molecule has 11 nitrogen and oxygen atoms in total. The van der Waals surface area contributed by atoms with E-state index in [1.165, 1.54) is 5.69 Å². The minimum atomic E-state index is -0.638. The molecule has 0 radical (unpaired) electrons. The number of nitrogens with zero attached hydrogens (tertiary/aromatic N) is 6. The monoisotopic (exact) mass is 503 g/mol. The number of ether oxygens (including phenoxy) is 1. The first kappa shape index (κ1) is 23.7. The second kappa shape index (κ2) is 9.64. The average Bonchev–Trinajstić information content (AvgIpc) is 3.44. The van der Waals surface area contributed by atoms with Crippen LogP contribution in [0.1, 0.15) is 29.8 Å². The second-order valence-corrected chi connectivity index (χ2v) is 10.1. The van der Waals surface area contributed by atoms with Gasteiger partial charge in [-0.2, -0.15) is 5.10 Å². The molecule has 4 N–H and O–H groups in total. The van der Waals surface area contributed by atoms with E-state index in [-0.39, 0.29) is 11.2 Å². The zero-order valence-corrected chi connectivity index (χ0v) is 21.1. The Morgan fingerprint density at radius 2 is 1.78 bits per heavy atom. The van der Waals surface area contributed by atoms with E-state index in [0.717, 1.165) is 76.7 Å². The fourth-order valence-electron chi connectivity index (χ4n) is 5.54. The number of aromatic nitrogens is 4. The molecular formula is C26H33N9O2. The van der Waals surface area contributed by atoms with Crippen LogP contribution in [0.5, 0.6) is 0 Å². The van der Waals surface area contributed by atoms with E-state index in [1.54, 1.807) is 6.20 Å². The van der Waals surface area contributed by atoms with Crippen LogP contribution in [-0.2, 0) is 4.74 Å². The minimum Gasteiger partial charge on any atom is -0.381 e. The van der Waals surface area contributed by atoms with Gasteiger partial charge >= 0.3 is 0 Å². The Bertz CT molecular complexity index is 1250. The molecule has 3 fully saturated rings. The number of amides is 1. The molecule has 6 rings (SSSR count). The molecule has 0 saturated carbocycles. The van der Waals surface area contributed by atoms with Gasteiger partial charge in [0.15, 0.2) is 17.3 Å². The Balaban J connectivity index is 1.34. The lowest BCUT2D eigenvalue weighted by molar-refractivity contribution is 0.0285. The zero-order valence-electron chi connectivity index (χ0n) is 21.1. The van der Waals surface area contributed by atoms with E-state index >= 15 is 0 Å². The summed E-state index contributed by atoms with van der Waals surface area (Å²) in [6.45, 7) is 6.43. The lowest BCUT2D eigenvalue weighted by Crippen LogP contribution is -2.63. The van der Waals surface area contributed by atoms with Crippen molar-refractivity contribution in [1.82, 2.24) is 25.1 Å². The number of benzene rings is 1. The van der Waals surface area contributed by atoms with Crippen LogP contribution in [0, 0.1) is 0 Å². The maximum atomic E-state index is 12.5. The molecule has 0 bridgehead atoms. The largest absolute Gasteiger partial charge is 0.381 e. The molecule has 3 aliphatic heterocycles. The van der Waals surface area contributed by atoms with Crippen molar-refractivity contribution in [2.24, 2.45) is 5.73 Å². The second-order valence-electron chi connectivity index (χ2n) is 10.1. The highest BCUT2D eigenvalue weighted by Crippen LogP contribution is 2.45. The quantitative estimate of drug-likeness (QED) is 0.464. The fraction of sp³-hybridized carbons (Fsp3) is 0.462. The minimum absolute atomic E-state index is 0.00261. The molecule has 5 heterocycles. The van der Waals surface area contributed by atoms with Crippen LogP contribution in [0.3, 0.4) is 0 Å². The van der Waals surface area contributed by atoms with E-state index in [2.05, 4.69) is 49.4 Å². The summed E-state index contributed by atoms with van der Waals surface area (Å²) in [4.78, 5) is 29.2. The van der Waals surface area contributed by atoms with Crippen LogP contribution in [0.4, 0.5) is 23.0 Å². The standard InChI is InChI=1S/C26H33N9O2/c1-33-12-14-34(15-13-33)19-4-2-18(3-5-19)29-24-22(23(27)36)30-21(20-6-10-28-32-20)25(31-24)35-11-7-26(35)8-16-37-17-9-26/h2-6,10H,7-9,11-17H2,1H3,(H2,27,36)(H,28,32)(H,29,31). The summed E-state index contributed by atoms with van der Waals surface area (Å²) in [5, 5.41) is 10.4. The molecule has 3 aromatic rings. The Morgan fingerprint density at radius 1 is 1.03 bits per heavy atom. The summed E-state index contributed by atoms with van der Waals surface area (Å²) in [7, 11) is 2.15. The van der Waals surface area contributed by atoms with Gasteiger partial charge in [-0.05, 0) is 56.6 Å². The van der Waals surface area contributed by atoms with Crippen molar-refractivity contribution in [2.45, 2.75) is 24.8 Å². The van der Waals surface area contributed by atoms with Gasteiger partial charge in [0.25, 0.3) is 5.91 Å². The lowest BCUT2D eigenvalue weighted by atomic mass is 9.78. The molecule has 0 atom stereocenters. The summed E-state index contributed by atoms with van der Waals surface area (Å²) in [5.41, 5.74) is 9.15. The third-order valence-corrected chi connectivity index (χ3v) is 7.92. The van der Waals surface area contributed by atoms with Crippen LogP contribution in [-0.4, -0.2) is 89.5 Å². The van der Waals surface area contributed by atoms with Gasteiger partial charge in [0.2, 0.25) is 0 Å². The third kappa shape index (κ3) is 4.49. The molecule has 1 spiro atoms. The number of nitrogens with one attached hydrogen (secondary N) is 2. The van der Waals surface area contributed by atoms with Crippen LogP contribution < -0.4 is 20.9 Å². The van der Waals surface area contributed by atoms with Gasteiger partial charge in [-0.25, -0.2) is 9.97 Å². The number of carbonyl (C=O) groups excluding carboxylic acids is 1. The zero-order chi connectivity index (χ0) is 25.4. The van der Waals surface area contributed by atoms with Crippen LogP contribution >= 0.6 is 0 Å². The highest BCUT2D eigenvalue weighted by molar-refractivity contribution is 5.97. The van der Waals surface area contributed by atoms with E-state index < -0.39 is 5.91 Å². The van der Waals surface area contributed by atoms with Gasteiger partial charge in [-0.3, -0.25) is 9.89 Å². The van der Waals surface area contributed by atoms with Gasteiger partial charge in [0, 0.05) is 69.0 Å². The van der Waals surface area contributed by atoms with Crippen molar-refractivity contribution in [3.8, 4) is 11.4 Å². The van der Waals surface area contributed by atoms with Crippen LogP contribution in [0.2, 0.25) is 0 Å². The first-order valence-corrected chi connectivity index (χ1v) is 12.9. The van der Waals surface area contributed by atoms with Gasteiger partial charge < -0.3 is 30.5 Å². The number of primary amides is 1. The number of hydrogen-bond acceptors (Lipinski definition) is 9. The molecule has 37 heavy (non-hydrogen) atoms. The molecule has 3 saturated heterocycles. The summed E-state index contributed by atoms with van der Waals surface area (Å²) >= 11 is 0. The highest BCUT2D eigenvalue weighted by atomic mass is 16.5. The van der Waals surface area contributed by atoms with E-state index in [9.17, 15) is 4.79 Å². The van der Waals surface area contributed by atoms with Gasteiger partial charge in [-0.1, -0.05) is 0 Å². The molecule has 194 valence electrons. The van der Waals surface area contributed by atoms with E-state index in [0.29, 0.717) is 17.2 Å². The predicted octanol–water partition coefficient (Wildman–Crippen LogP) is 2.22. The number of likely N-dealkylation sites (N-methyl/N-ethyl adjacent to an activating group) is 1. The molecule has 1 amide bonds. The molecule has 0 aliphatic carbocycles. The Hall–Kier alpha value is -3.70. The molecule has 0 unspecified atom stereocenters. The number of carbonyl (C=O) groups is 1. The smallest absolute Gasteiger partial charge is 0.271 e. The Labute approximate surface area is 216 Å². The van der Waals surface area contributed by atoms with Crippen molar-refractivity contribution in [3.05, 3.63) is 42.2 Å². The van der Waals surface area contributed by atoms with Gasteiger partial charge in [0.1, 0.15) is 5.69 Å². The van der Waals surface area contributed by atoms with E-state index in [4.69, 9.17) is 20.4 Å². The Kier molecular flexibility index (Phi) is 6.17. The number of rotatable bonds is 6.